The zero-order chi connectivity index (χ0) is 15.8. The van der Waals surface area contributed by atoms with Gasteiger partial charge in [-0.15, -0.1) is 0 Å². The highest BCUT2D eigenvalue weighted by Crippen LogP contribution is 2.13. The highest BCUT2D eigenvalue weighted by molar-refractivity contribution is 5.74. The summed E-state index contributed by atoms with van der Waals surface area (Å²) >= 11 is 0. The van der Waals surface area contributed by atoms with Crippen molar-refractivity contribution in [3.8, 4) is 0 Å². The van der Waals surface area contributed by atoms with Gasteiger partial charge in [0.15, 0.2) is 0 Å². The summed E-state index contributed by atoms with van der Waals surface area (Å²) in [6, 6.07) is 0.501. The van der Waals surface area contributed by atoms with Gasteiger partial charge in [-0.05, 0) is 39.5 Å². The number of piperidine rings is 1. The van der Waals surface area contributed by atoms with Crippen LogP contribution in [0.2, 0.25) is 0 Å². The summed E-state index contributed by atoms with van der Waals surface area (Å²) < 4.78 is 5.61. The molecule has 2 amide bonds. The maximum absolute atomic E-state index is 12.3. The first-order chi connectivity index (χ1) is 10.6. The van der Waals surface area contributed by atoms with E-state index in [1.807, 2.05) is 4.90 Å². The lowest BCUT2D eigenvalue weighted by Crippen LogP contribution is -2.49. The zero-order valence-corrected chi connectivity index (χ0v) is 14.4. The average molecular weight is 311 g/mol. The van der Waals surface area contributed by atoms with E-state index in [1.165, 1.54) is 12.8 Å². The molecule has 5 nitrogen and oxygen atoms in total. The van der Waals surface area contributed by atoms with Crippen molar-refractivity contribution in [3.63, 3.8) is 0 Å². The van der Waals surface area contributed by atoms with Gasteiger partial charge in [0.05, 0.1) is 12.7 Å². The molecule has 0 aromatic rings. The zero-order valence-electron chi connectivity index (χ0n) is 14.4. The van der Waals surface area contributed by atoms with E-state index in [2.05, 4.69) is 24.1 Å². The molecule has 22 heavy (non-hydrogen) atoms. The molecule has 2 aliphatic heterocycles. The predicted molar refractivity (Wildman–Crippen MR) is 89.1 cm³/mol. The number of urea groups is 1. The van der Waals surface area contributed by atoms with Crippen molar-refractivity contribution in [2.45, 2.75) is 64.5 Å². The normalized spacial score (nSPS) is 21.9. The largest absolute Gasteiger partial charge is 0.377 e. The maximum Gasteiger partial charge on any atom is 0.317 e. The molecular weight excluding hydrogens is 278 g/mol. The standard InChI is InChI=1S/C17H33N3O2/c1-15(2)22-14-13-19-11-7-16(8-12-19)18-17(21)20-9-5-3-4-6-10-20/h15-16H,3-14H2,1-2H3,(H,18,21). The molecule has 0 aromatic carbocycles. The summed E-state index contributed by atoms with van der Waals surface area (Å²) in [4.78, 5) is 16.8. The number of amides is 2. The Bertz CT molecular complexity index is 320. The molecule has 0 aromatic heterocycles. The van der Waals surface area contributed by atoms with Gasteiger partial charge in [0.25, 0.3) is 0 Å². The molecule has 0 atom stereocenters. The summed E-state index contributed by atoms with van der Waals surface area (Å²) in [5.74, 6) is 0. The maximum atomic E-state index is 12.3. The second-order valence-electron chi connectivity index (χ2n) is 6.89. The van der Waals surface area contributed by atoms with Crippen molar-refractivity contribution >= 4 is 6.03 Å². The smallest absolute Gasteiger partial charge is 0.317 e. The molecule has 0 aliphatic carbocycles. The molecule has 2 saturated heterocycles. The first-order valence-electron chi connectivity index (χ1n) is 9.04. The first kappa shape index (κ1) is 17.5. The van der Waals surface area contributed by atoms with E-state index in [4.69, 9.17) is 4.74 Å². The van der Waals surface area contributed by atoms with Crippen LogP contribution in [-0.4, -0.2) is 67.3 Å². The van der Waals surface area contributed by atoms with Crippen LogP contribution in [0.1, 0.15) is 52.4 Å². The number of carbonyl (C=O) groups excluding carboxylic acids is 1. The van der Waals surface area contributed by atoms with Gasteiger partial charge in [-0.1, -0.05) is 12.8 Å². The number of hydrogen-bond donors (Lipinski definition) is 1. The summed E-state index contributed by atoms with van der Waals surface area (Å²) in [6.45, 7) is 9.94. The van der Waals surface area contributed by atoms with Crippen LogP contribution in [0, 0.1) is 0 Å². The average Bonchev–Trinajstić information content (AvgIpc) is 2.78. The fourth-order valence-electron chi connectivity index (χ4n) is 3.26. The second-order valence-corrected chi connectivity index (χ2v) is 6.89. The Labute approximate surface area is 135 Å². The highest BCUT2D eigenvalue weighted by atomic mass is 16.5. The molecule has 0 bridgehead atoms. The summed E-state index contributed by atoms with van der Waals surface area (Å²) in [5.41, 5.74) is 0. The molecule has 2 aliphatic rings. The van der Waals surface area contributed by atoms with Gasteiger partial charge in [0.2, 0.25) is 0 Å². The van der Waals surface area contributed by atoms with Crippen LogP contribution < -0.4 is 5.32 Å². The Hall–Kier alpha value is -0.810. The molecule has 0 radical (unpaired) electrons. The van der Waals surface area contributed by atoms with Crippen LogP contribution in [0.3, 0.4) is 0 Å². The lowest BCUT2D eigenvalue weighted by atomic mass is 10.1. The lowest BCUT2D eigenvalue weighted by molar-refractivity contribution is 0.0527. The van der Waals surface area contributed by atoms with E-state index < -0.39 is 0 Å². The third kappa shape index (κ3) is 6.13. The van der Waals surface area contributed by atoms with Gasteiger partial charge in [-0.2, -0.15) is 0 Å². The van der Waals surface area contributed by atoms with Crippen molar-refractivity contribution in [3.05, 3.63) is 0 Å². The van der Waals surface area contributed by atoms with E-state index in [0.29, 0.717) is 12.1 Å². The van der Waals surface area contributed by atoms with Crippen LogP contribution in [0.25, 0.3) is 0 Å². The molecule has 1 N–H and O–H groups in total. The van der Waals surface area contributed by atoms with Crippen molar-refractivity contribution in [1.82, 2.24) is 15.1 Å². The number of hydrogen-bond acceptors (Lipinski definition) is 3. The van der Waals surface area contributed by atoms with E-state index in [1.54, 1.807) is 0 Å². The Morgan fingerprint density at radius 1 is 1.09 bits per heavy atom. The number of carbonyl (C=O) groups is 1. The molecule has 0 unspecified atom stereocenters. The van der Waals surface area contributed by atoms with Crippen molar-refractivity contribution in [2.75, 3.05) is 39.3 Å². The van der Waals surface area contributed by atoms with E-state index in [-0.39, 0.29) is 6.03 Å². The van der Waals surface area contributed by atoms with Crippen molar-refractivity contribution in [1.29, 1.82) is 0 Å². The molecule has 0 saturated carbocycles. The van der Waals surface area contributed by atoms with Gasteiger partial charge in [0, 0.05) is 38.8 Å². The molecular formula is C17H33N3O2. The third-order valence-electron chi connectivity index (χ3n) is 4.67. The Balaban J connectivity index is 1.63. The van der Waals surface area contributed by atoms with Crippen LogP contribution in [0.5, 0.6) is 0 Å². The Morgan fingerprint density at radius 3 is 2.32 bits per heavy atom. The first-order valence-corrected chi connectivity index (χ1v) is 9.04. The number of nitrogens with zero attached hydrogens (tertiary/aromatic N) is 2. The molecule has 2 rings (SSSR count). The second kappa shape index (κ2) is 9.36. The fraction of sp³-hybridized carbons (Fsp3) is 0.941. The summed E-state index contributed by atoms with van der Waals surface area (Å²) in [6.07, 6.45) is 7.26. The van der Waals surface area contributed by atoms with Crippen LogP contribution >= 0.6 is 0 Å². The van der Waals surface area contributed by atoms with E-state index >= 15 is 0 Å². The number of nitrogens with one attached hydrogen (secondary N) is 1. The third-order valence-corrected chi connectivity index (χ3v) is 4.67. The van der Waals surface area contributed by atoms with Crippen molar-refractivity contribution in [2.24, 2.45) is 0 Å². The molecule has 0 spiro atoms. The number of rotatable bonds is 5. The number of likely N-dealkylation sites (tertiary alicyclic amines) is 2. The Kier molecular flexibility index (Phi) is 7.46. The van der Waals surface area contributed by atoms with Crippen molar-refractivity contribution < 1.29 is 9.53 Å². The topological polar surface area (TPSA) is 44.8 Å². The molecule has 5 heteroatoms. The van der Waals surface area contributed by atoms with Gasteiger partial charge < -0.3 is 19.9 Å². The van der Waals surface area contributed by atoms with Gasteiger partial charge in [-0.3, -0.25) is 0 Å². The fourth-order valence-corrected chi connectivity index (χ4v) is 3.26. The minimum absolute atomic E-state index is 0.156. The minimum Gasteiger partial charge on any atom is -0.377 e. The summed E-state index contributed by atoms with van der Waals surface area (Å²) in [5, 5.41) is 3.24. The lowest BCUT2D eigenvalue weighted by Gasteiger charge is -2.33. The van der Waals surface area contributed by atoms with Crippen LogP contribution in [-0.2, 0) is 4.74 Å². The highest BCUT2D eigenvalue weighted by Gasteiger charge is 2.23. The SMILES string of the molecule is CC(C)OCCN1CCC(NC(=O)N2CCCCCC2)CC1. The molecule has 2 fully saturated rings. The van der Waals surface area contributed by atoms with Gasteiger partial charge >= 0.3 is 6.03 Å². The molecule has 2 heterocycles. The summed E-state index contributed by atoms with van der Waals surface area (Å²) in [7, 11) is 0. The van der Waals surface area contributed by atoms with Gasteiger partial charge in [-0.25, -0.2) is 4.79 Å². The Morgan fingerprint density at radius 2 is 1.73 bits per heavy atom. The minimum atomic E-state index is 0.156. The van der Waals surface area contributed by atoms with Crippen LogP contribution in [0.4, 0.5) is 4.79 Å². The number of ether oxygens (including phenoxy) is 1. The molecule has 128 valence electrons. The predicted octanol–water partition coefficient (Wildman–Crippen LogP) is 2.46. The monoisotopic (exact) mass is 311 g/mol. The van der Waals surface area contributed by atoms with E-state index in [0.717, 1.165) is 65.0 Å². The van der Waals surface area contributed by atoms with Gasteiger partial charge in [0.1, 0.15) is 0 Å². The van der Waals surface area contributed by atoms with E-state index in [9.17, 15) is 4.79 Å². The van der Waals surface area contributed by atoms with Crippen LogP contribution in [0.15, 0.2) is 0 Å². The quantitative estimate of drug-likeness (QED) is 0.848.